The molecule has 23 heavy (non-hydrogen) atoms. The van der Waals surface area contributed by atoms with E-state index in [-0.39, 0.29) is 12.1 Å². The van der Waals surface area contributed by atoms with Crippen LogP contribution in [0.5, 0.6) is 0 Å². The lowest BCUT2D eigenvalue weighted by Gasteiger charge is -2.28. The molecular formula is C16H15FN2O3S. The van der Waals surface area contributed by atoms with Gasteiger partial charge < -0.3 is 5.73 Å². The number of benzene rings is 1. The van der Waals surface area contributed by atoms with Crippen LogP contribution in [0.2, 0.25) is 0 Å². The molecule has 1 aromatic heterocycles. The van der Waals surface area contributed by atoms with E-state index >= 15 is 0 Å². The van der Waals surface area contributed by atoms with Gasteiger partial charge in [0.2, 0.25) is 10.0 Å². The number of nitrogens with two attached hydrogens (primary N) is 1. The molecule has 7 heteroatoms. The fourth-order valence-corrected chi connectivity index (χ4v) is 4.57. The lowest BCUT2D eigenvalue weighted by Crippen LogP contribution is -2.40. The van der Waals surface area contributed by atoms with Crippen LogP contribution in [-0.4, -0.2) is 23.0 Å². The molecule has 1 heterocycles. The number of rotatable bonds is 3. The molecule has 0 bridgehead atoms. The van der Waals surface area contributed by atoms with Crippen molar-refractivity contribution in [3.8, 4) is 0 Å². The van der Waals surface area contributed by atoms with Gasteiger partial charge in [0, 0.05) is 11.8 Å². The molecule has 0 aliphatic heterocycles. The molecular weight excluding hydrogens is 319 g/mol. The first-order chi connectivity index (χ1) is 10.8. The standard InChI is InChI=1S/C16H15FN2O3S/c1-16(8-4-6-12(17)10-16)23(21,22)19-13-7-3-2-5-11(13)9-14(19)15(18)20/h2-9H,10H2,1H3,(H2,18,20). The fraction of sp³-hybridized carbons (Fsp3) is 0.188. The number of carbonyl (C=O) groups excluding carboxylic acids is 1. The summed E-state index contributed by atoms with van der Waals surface area (Å²) in [4.78, 5) is 11.7. The fourth-order valence-electron chi connectivity index (χ4n) is 2.76. The summed E-state index contributed by atoms with van der Waals surface area (Å²) in [6.45, 7) is 1.42. The van der Waals surface area contributed by atoms with Crippen molar-refractivity contribution in [2.45, 2.75) is 18.1 Å². The van der Waals surface area contributed by atoms with Crippen LogP contribution < -0.4 is 5.73 Å². The number of allylic oxidation sites excluding steroid dienone is 3. The highest BCUT2D eigenvalue weighted by molar-refractivity contribution is 7.91. The second-order valence-corrected chi connectivity index (χ2v) is 7.93. The molecule has 0 fully saturated rings. The maximum Gasteiger partial charge on any atom is 0.266 e. The Hall–Kier alpha value is -2.41. The number of amides is 1. The Labute approximate surface area is 132 Å². The zero-order valence-corrected chi connectivity index (χ0v) is 13.2. The van der Waals surface area contributed by atoms with Gasteiger partial charge in [-0.15, -0.1) is 0 Å². The van der Waals surface area contributed by atoms with E-state index in [1.807, 2.05) is 0 Å². The Bertz CT molecular complexity index is 972. The minimum atomic E-state index is -4.11. The minimum Gasteiger partial charge on any atom is -0.364 e. The molecule has 1 aliphatic rings. The van der Waals surface area contributed by atoms with Crippen LogP contribution in [0.15, 0.2) is 54.4 Å². The summed E-state index contributed by atoms with van der Waals surface area (Å²) in [5.74, 6) is -1.39. The normalized spacial score (nSPS) is 21.4. The van der Waals surface area contributed by atoms with Gasteiger partial charge >= 0.3 is 0 Å². The predicted octanol–water partition coefficient (Wildman–Crippen LogP) is 2.49. The molecule has 0 spiro atoms. The van der Waals surface area contributed by atoms with E-state index in [4.69, 9.17) is 5.73 Å². The predicted molar refractivity (Wildman–Crippen MR) is 86.1 cm³/mol. The molecule has 0 radical (unpaired) electrons. The van der Waals surface area contributed by atoms with Gasteiger partial charge in [0.1, 0.15) is 16.3 Å². The van der Waals surface area contributed by atoms with Crippen LogP contribution in [-0.2, 0) is 10.0 Å². The van der Waals surface area contributed by atoms with Gasteiger partial charge in [0.25, 0.3) is 5.91 Å². The maximum absolute atomic E-state index is 13.7. The van der Waals surface area contributed by atoms with Crippen molar-refractivity contribution in [3.63, 3.8) is 0 Å². The summed E-state index contributed by atoms with van der Waals surface area (Å²) >= 11 is 0. The van der Waals surface area contributed by atoms with Crippen molar-refractivity contribution in [1.82, 2.24) is 3.97 Å². The number of aromatic nitrogens is 1. The highest BCUT2D eigenvalue weighted by Crippen LogP contribution is 2.35. The Morgan fingerprint density at radius 3 is 2.70 bits per heavy atom. The molecule has 5 nitrogen and oxygen atoms in total. The maximum atomic E-state index is 13.7. The zero-order valence-electron chi connectivity index (χ0n) is 12.4. The van der Waals surface area contributed by atoms with E-state index in [9.17, 15) is 17.6 Å². The third-order valence-electron chi connectivity index (χ3n) is 3.99. The zero-order chi connectivity index (χ0) is 16.8. The van der Waals surface area contributed by atoms with E-state index < -0.39 is 26.5 Å². The topological polar surface area (TPSA) is 82.2 Å². The summed E-state index contributed by atoms with van der Waals surface area (Å²) in [5, 5.41) is 0.573. The number of fused-ring (bicyclic) bond motifs is 1. The second-order valence-electron chi connectivity index (χ2n) is 5.68. The van der Waals surface area contributed by atoms with Gasteiger partial charge in [-0.25, -0.2) is 16.8 Å². The first-order valence-electron chi connectivity index (χ1n) is 6.95. The number of nitrogens with zero attached hydrogens (tertiary/aromatic N) is 1. The van der Waals surface area contributed by atoms with Crippen LogP contribution in [0, 0.1) is 0 Å². The molecule has 1 aliphatic carbocycles. The molecule has 1 amide bonds. The first kappa shape index (κ1) is 15.5. The number of halogens is 1. The van der Waals surface area contributed by atoms with E-state index in [2.05, 4.69) is 0 Å². The molecule has 120 valence electrons. The lowest BCUT2D eigenvalue weighted by atomic mass is 10.0. The monoisotopic (exact) mass is 334 g/mol. The molecule has 0 saturated carbocycles. The van der Waals surface area contributed by atoms with Crippen LogP contribution in [0.25, 0.3) is 10.9 Å². The summed E-state index contributed by atoms with van der Waals surface area (Å²) in [6, 6.07) is 8.10. The highest BCUT2D eigenvalue weighted by atomic mass is 32.2. The van der Waals surface area contributed by atoms with Gasteiger partial charge in [0.15, 0.2) is 0 Å². The molecule has 2 N–H and O–H groups in total. The average molecular weight is 334 g/mol. The summed E-state index contributed by atoms with van der Waals surface area (Å²) in [6.07, 6.45) is 3.72. The van der Waals surface area contributed by atoms with Crippen LogP contribution >= 0.6 is 0 Å². The number of hydrogen-bond donors (Lipinski definition) is 1. The van der Waals surface area contributed by atoms with E-state index in [1.54, 1.807) is 24.3 Å². The third-order valence-corrected chi connectivity index (χ3v) is 6.33. The SMILES string of the molecule is CC1(S(=O)(=O)n2c(C(N)=O)cc3ccccc32)C=CC=C(F)C1. The molecule has 0 saturated heterocycles. The molecule has 1 unspecified atom stereocenters. The summed E-state index contributed by atoms with van der Waals surface area (Å²) in [7, 11) is -4.11. The smallest absolute Gasteiger partial charge is 0.266 e. The van der Waals surface area contributed by atoms with Gasteiger partial charge in [-0.1, -0.05) is 30.4 Å². The Morgan fingerprint density at radius 1 is 1.35 bits per heavy atom. The second kappa shape index (κ2) is 5.06. The van der Waals surface area contributed by atoms with Crippen molar-refractivity contribution >= 4 is 26.8 Å². The Morgan fingerprint density at radius 2 is 2.04 bits per heavy atom. The van der Waals surface area contributed by atoms with Crippen molar-refractivity contribution < 1.29 is 17.6 Å². The van der Waals surface area contributed by atoms with Gasteiger partial charge in [-0.3, -0.25) is 4.79 Å². The number of carbonyl (C=O) groups is 1. The number of primary amides is 1. The highest BCUT2D eigenvalue weighted by Gasteiger charge is 2.42. The molecule has 3 rings (SSSR count). The van der Waals surface area contributed by atoms with Crippen molar-refractivity contribution in [2.75, 3.05) is 0 Å². The Balaban J connectivity index is 2.31. The van der Waals surface area contributed by atoms with Crippen molar-refractivity contribution in [3.05, 3.63) is 60.1 Å². The quantitative estimate of drug-likeness (QED) is 0.936. The van der Waals surface area contributed by atoms with Crippen molar-refractivity contribution in [2.24, 2.45) is 5.73 Å². The van der Waals surface area contributed by atoms with E-state index in [0.717, 1.165) is 3.97 Å². The summed E-state index contributed by atoms with van der Waals surface area (Å²) < 4.78 is 39.4. The summed E-state index contributed by atoms with van der Waals surface area (Å²) in [5.41, 5.74) is 5.54. The van der Waals surface area contributed by atoms with Crippen LogP contribution in [0.3, 0.4) is 0 Å². The van der Waals surface area contributed by atoms with Crippen LogP contribution in [0.1, 0.15) is 23.8 Å². The van der Waals surface area contributed by atoms with Gasteiger partial charge in [-0.2, -0.15) is 0 Å². The average Bonchev–Trinajstić information content (AvgIpc) is 2.87. The van der Waals surface area contributed by atoms with E-state index in [0.29, 0.717) is 10.9 Å². The molecule has 1 aromatic carbocycles. The largest absolute Gasteiger partial charge is 0.364 e. The number of hydrogen-bond acceptors (Lipinski definition) is 3. The van der Waals surface area contributed by atoms with E-state index in [1.165, 1.54) is 31.2 Å². The van der Waals surface area contributed by atoms with Crippen molar-refractivity contribution in [1.29, 1.82) is 0 Å². The Kier molecular flexibility index (Phi) is 3.40. The van der Waals surface area contributed by atoms with Crippen LogP contribution in [0.4, 0.5) is 4.39 Å². The minimum absolute atomic E-state index is 0.143. The molecule has 2 aromatic rings. The number of para-hydroxylation sites is 1. The third kappa shape index (κ3) is 2.28. The first-order valence-corrected chi connectivity index (χ1v) is 8.39. The van der Waals surface area contributed by atoms with Gasteiger partial charge in [0.05, 0.1) is 5.52 Å². The molecule has 1 atom stereocenters. The lowest BCUT2D eigenvalue weighted by molar-refractivity contribution is 0.0995. The van der Waals surface area contributed by atoms with Gasteiger partial charge in [-0.05, 0) is 25.1 Å².